The van der Waals surface area contributed by atoms with E-state index < -0.39 is 19.0 Å². The Kier molecular flexibility index (Phi) is 7.57. The number of hydroxylamine groups is 2. The van der Waals surface area contributed by atoms with Crippen molar-refractivity contribution in [3.63, 3.8) is 0 Å². The van der Waals surface area contributed by atoms with Crippen molar-refractivity contribution in [3.05, 3.63) is 60.7 Å². The first-order chi connectivity index (χ1) is 12.1. The van der Waals surface area contributed by atoms with Crippen molar-refractivity contribution in [1.82, 2.24) is 5.06 Å². The molecule has 0 radical (unpaired) electrons. The van der Waals surface area contributed by atoms with E-state index in [1.807, 2.05) is 30.3 Å². The summed E-state index contributed by atoms with van der Waals surface area (Å²) in [5, 5.41) is 0.843. The molecule has 2 aromatic rings. The highest BCUT2D eigenvalue weighted by Gasteiger charge is 2.30. The number of hydrogen-bond acceptors (Lipinski definition) is 6. The standard InChI is InChI=1S/C17H18NO5PS/c1-22-17(20)16(12-24(21)25-15-10-6-3-7-11-15)18(13-19)23-14-8-4-2-5-9-14/h2-11,13,16,24H,12H2,1H3. The van der Waals surface area contributed by atoms with Crippen LogP contribution in [0.4, 0.5) is 0 Å². The summed E-state index contributed by atoms with van der Waals surface area (Å²) in [4.78, 5) is 29.7. The summed E-state index contributed by atoms with van der Waals surface area (Å²) in [6.07, 6.45) is 0.333. The first kappa shape index (κ1) is 19.1. The van der Waals surface area contributed by atoms with Crippen molar-refractivity contribution in [3.8, 4) is 5.75 Å². The van der Waals surface area contributed by atoms with E-state index in [-0.39, 0.29) is 6.16 Å². The number of para-hydroxylation sites is 1. The average Bonchev–Trinajstić information content (AvgIpc) is 2.65. The number of methoxy groups -OCH3 is 1. The van der Waals surface area contributed by atoms with Crippen LogP contribution in [0.3, 0.4) is 0 Å². The Morgan fingerprint density at radius 3 is 2.32 bits per heavy atom. The average molecular weight is 379 g/mol. The zero-order valence-corrected chi connectivity index (χ0v) is 15.3. The zero-order chi connectivity index (χ0) is 18.1. The van der Waals surface area contributed by atoms with E-state index in [1.54, 1.807) is 30.3 Å². The smallest absolute Gasteiger partial charge is 0.332 e. The van der Waals surface area contributed by atoms with Gasteiger partial charge in [-0.1, -0.05) is 47.8 Å². The predicted molar refractivity (Wildman–Crippen MR) is 96.9 cm³/mol. The van der Waals surface area contributed by atoms with Gasteiger partial charge in [-0.3, -0.25) is 4.79 Å². The Labute approximate surface area is 150 Å². The second-order valence-corrected chi connectivity index (χ2v) is 8.71. The number of carbonyl (C=O) groups excluding carboxylic acids is 2. The summed E-state index contributed by atoms with van der Waals surface area (Å²) < 4.78 is 17.2. The maximum absolute atomic E-state index is 12.5. The molecule has 0 saturated heterocycles. The van der Waals surface area contributed by atoms with E-state index in [4.69, 9.17) is 9.57 Å². The first-order valence-corrected chi connectivity index (χ1v) is 10.6. The zero-order valence-electron chi connectivity index (χ0n) is 13.5. The Bertz CT molecular complexity index is 713. The van der Waals surface area contributed by atoms with Gasteiger partial charge >= 0.3 is 5.97 Å². The minimum absolute atomic E-state index is 0.0531. The molecular weight excluding hydrogens is 361 g/mol. The van der Waals surface area contributed by atoms with Gasteiger partial charge in [0.05, 0.1) is 7.11 Å². The fraction of sp³-hybridized carbons (Fsp3) is 0.176. The molecule has 0 N–H and O–H groups in total. The topological polar surface area (TPSA) is 72.9 Å². The molecule has 1 amide bonds. The van der Waals surface area contributed by atoms with Gasteiger partial charge in [0.15, 0.2) is 11.8 Å². The van der Waals surface area contributed by atoms with E-state index in [0.29, 0.717) is 12.2 Å². The molecule has 0 aliphatic rings. The fourth-order valence-electron chi connectivity index (χ4n) is 1.99. The molecule has 0 bridgehead atoms. The molecule has 8 heteroatoms. The van der Waals surface area contributed by atoms with Gasteiger partial charge in [-0.05, 0) is 24.3 Å². The van der Waals surface area contributed by atoms with Crippen LogP contribution in [-0.4, -0.2) is 36.8 Å². The third kappa shape index (κ3) is 5.96. The van der Waals surface area contributed by atoms with Crippen molar-refractivity contribution in [1.29, 1.82) is 0 Å². The summed E-state index contributed by atoms with van der Waals surface area (Å²) >= 11 is 1.17. The van der Waals surface area contributed by atoms with Crippen LogP contribution in [0.2, 0.25) is 0 Å². The molecule has 2 atom stereocenters. The predicted octanol–water partition coefficient (Wildman–Crippen LogP) is 3.25. The minimum atomic E-state index is -2.26. The van der Waals surface area contributed by atoms with Crippen LogP contribution in [0.5, 0.6) is 5.75 Å². The lowest BCUT2D eigenvalue weighted by molar-refractivity contribution is -0.168. The van der Waals surface area contributed by atoms with Crippen molar-refractivity contribution in [2.24, 2.45) is 0 Å². The summed E-state index contributed by atoms with van der Waals surface area (Å²) in [6.45, 7) is 0. The monoisotopic (exact) mass is 379 g/mol. The quantitative estimate of drug-likeness (QED) is 0.288. The van der Waals surface area contributed by atoms with E-state index in [9.17, 15) is 14.2 Å². The van der Waals surface area contributed by atoms with Gasteiger partial charge in [0.1, 0.15) is 7.00 Å². The molecule has 0 aliphatic carbocycles. The van der Waals surface area contributed by atoms with Gasteiger partial charge in [-0.15, -0.1) is 0 Å². The Balaban J connectivity index is 2.09. The van der Waals surface area contributed by atoms with Crippen LogP contribution >= 0.6 is 18.4 Å². The highest BCUT2D eigenvalue weighted by Crippen LogP contribution is 2.44. The van der Waals surface area contributed by atoms with Crippen molar-refractivity contribution < 1.29 is 23.7 Å². The highest BCUT2D eigenvalue weighted by molar-refractivity contribution is 8.51. The number of amides is 1. The second kappa shape index (κ2) is 9.91. The molecular formula is C17H18NO5PS. The minimum Gasteiger partial charge on any atom is -0.467 e. The molecule has 2 aromatic carbocycles. The molecule has 0 saturated carbocycles. The summed E-state index contributed by atoms with van der Waals surface area (Å²) in [5.74, 6) is -0.297. The van der Waals surface area contributed by atoms with E-state index in [1.165, 1.54) is 18.5 Å². The highest BCUT2D eigenvalue weighted by atomic mass is 32.7. The fourth-order valence-corrected chi connectivity index (χ4v) is 5.22. The lowest BCUT2D eigenvalue weighted by Crippen LogP contribution is -2.44. The number of esters is 1. The summed E-state index contributed by atoms with van der Waals surface area (Å²) in [5.41, 5.74) is 0. The van der Waals surface area contributed by atoms with Crippen LogP contribution in [-0.2, 0) is 18.9 Å². The van der Waals surface area contributed by atoms with Crippen LogP contribution in [0.15, 0.2) is 65.6 Å². The van der Waals surface area contributed by atoms with E-state index in [2.05, 4.69) is 0 Å². The lowest BCUT2D eigenvalue weighted by atomic mass is 10.3. The summed E-state index contributed by atoms with van der Waals surface area (Å²) in [6, 6.07) is 16.7. The number of ether oxygens (including phenoxy) is 1. The lowest BCUT2D eigenvalue weighted by Gasteiger charge is -2.25. The van der Waals surface area contributed by atoms with Gasteiger partial charge in [0.25, 0.3) is 0 Å². The Morgan fingerprint density at radius 1 is 1.16 bits per heavy atom. The van der Waals surface area contributed by atoms with Gasteiger partial charge in [-0.25, -0.2) is 4.79 Å². The van der Waals surface area contributed by atoms with Crippen LogP contribution < -0.4 is 4.84 Å². The number of hydrogen-bond donors (Lipinski definition) is 0. The van der Waals surface area contributed by atoms with Gasteiger partial charge in [0.2, 0.25) is 6.41 Å². The Hall–Kier alpha value is -2.24. The number of nitrogens with zero attached hydrogens (tertiary/aromatic N) is 1. The van der Waals surface area contributed by atoms with Gasteiger partial charge < -0.3 is 14.1 Å². The maximum atomic E-state index is 12.5. The number of carbonyl (C=O) groups is 2. The van der Waals surface area contributed by atoms with Gasteiger partial charge in [0, 0.05) is 11.1 Å². The third-order valence-electron chi connectivity index (χ3n) is 3.17. The molecule has 0 spiro atoms. The van der Waals surface area contributed by atoms with Crippen molar-refractivity contribution >= 4 is 30.8 Å². The van der Waals surface area contributed by atoms with E-state index >= 15 is 0 Å². The van der Waals surface area contributed by atoms with Crippen molar-refractivity contribution in [2.45, 2.75) is 10.9 Å². The number of rotatable bonds is 9. The second-order valence-electron chi connectivity index (χ2n) is 4.90. The molecule has 2 unspecified atom stereocenters. The first-order valence-electron chi connectivity index (χ1n) is 7.44. The summed E-state index contributed by atoms with van der Waals surface area (Å²) in [7, 11) is -1.04. The van der Waals surface area contributed by atoms with Crippen molar-refractivity contribution in [2.75, 3.05) is 13.3 Å². The third-order valence-corrected chi connectivity index (χ3v) is 6.52. The Morgan fingerprint density at radius 2 is 1.76 bits per heavy atom. The molecule has 0 aromatic heterocycles. The maximum Gasteiger partial charge on any atom is 0.332 e. The SMILES string of the molecule is COC(=O)C(C[PH](=O)Sc1ccccc1)N(C=O)Oc1ccccc1. The van der Waals surface area contributed by atoms with Crippen LogP contribution in [0.25, 0.3) is 0 Å². The van der Waals surface area contributed by atoms with E-state index in [0.717, 1.165) is 9.96 Å². The molecule has 0 aliphatic heterocycles. The van der Waals surface area contributed by atoms with Crippen LogP contribution in [0, 0.1) is 0 Å². The normalized spacial score (nSPS) is 12.7. The molecule has 6 nitrogen and oxygen atoms in total. The molecule has 2 rings (SSSR count). The molecule has 0 heterocycles. The molecule has 0 fully saturated rings. The largest absolute Gasteiger partial charge is 0.467 e. The van der Waals surface area contributed by atoms with Gasteiger partial charge in [-0.2, -0.15) is 5.06 Å². The molecule has 132 valence electrons. The molecule has 25 heavy (non-hydrogen) atoms. The van der Waals surface area contributed by atoms with Crippen LogP contribution in [0.1, 0.15) is 0 Å². The number of benzene rings is 2.